The molecule has 1 N–H and O–H groups in total. The minimum atomic E-state index is -3.92. The van der Waals surface area contributed by atoms with Crippen LogP contribution in [0.2, 0.25) is 0 Å². The maximum absolute atomic E-state index is 13.0. The summed E-state index contributed by atoms with van der Waals surface area (Å²) in [6.07, 6.45) is -0.290. The van der Waals surface area contributed by atoms with E-state index in [9.17, 15) is 26.7 Å². The van der Waals surface area contributed by atoms with Crippen LogP contribution in [0.3, 0.4) is 0 Å². The minimum absolute atomic E-state index is 0.0286. The lowest BCUT2D eigenvalue weighted by Gasteiger charge is -2.34. The van der Waals surface area contributed by atoms with Gasteiger partial charge in [-0.15, -0.1) is 0 Å². The molecule has 0 radical (unpaired) electrons. The van der Waals surface area contributed by atoms with Gasteiger partial charge in [-0.05, 0) is 29.3 Å². The number of hydrogen-bond donors (Lipinski definition) is 1. The molecule has 0 saturated carbocycles. The van der Waals surface area contributed by atoms with Gasteiger partial charge in [0.05, 0.1) is 23.2 Å². The first kappa shape index (κ1) is 19.7. The molecule has 0 bridgehead atoms. The molecule has 8 nitrogen and oxygen atoms in total. The van der Waals surface area contributed by atoms with Crippen molar-refractivity contribution in [2.24, 2.45) is 5.92 Å². The van der Waals surface area contributed by atoms with E-state index < -0.39 is 38.1 Å². The Balaban J connectivity index is 1.89. The molecular weight excluding hydrogens is 394 g/mol. The molecule has 2 atom stereocenters. The summed E-state index contributed by atoms with van der Waals surface area (Å²) in [6.45, 7) is -0.385. The largest absolute Gasteiger partial charge is 0.481 e. The molecule has 10 heteroatoms. The van der Waals surface area contributed by atoms with Crippen molar-refractivity contribution in [3.63, 3.8) is 0 Å². The molecule has 0 aliphatic carbocycles. The topological polar surface area (TPSA) is 118 Å². The number of sulfonamides is 1. The van der Waals surface area contributed by atoms with Crippen LogP contribution in [0, 0.1) is 5.92 Å². The third-order valence-electron chi connectivity index (χ3n) is 4.49. The quantitative estimate of drug-likeness (QED) is 0.734. The molecule has 0 aromatic heterocycles. The second kappa shape index (κ2) is 7.19. The summed E-state index contributed by atoms with van der Waals surface area (Å²) in [7, 11) is -7.77. The third kappa shape index (κ3) is 4.29. The van der Waals surface area contributed by atoms with E-state index in [2.05, 4.69) is 0 Å². The van der Waals surface area contributed by atoms with Gasteiger partial charge in [0.15, 0.2) is 0 Å². The minimum Gasteiger partial charge on any atom is -0.481 e. The number of carbonyl (C=O) groups is 1. The van der Waals surface area contributed by atoms with Crippen LogP contribution in [0.15, 0.2) is 47.4 Å². The highest BCUT2D eigenvalue weighted by atomic mass is 32.2. The first-order chi connectivity index (χ1) is 12.6. The SMILES string of the molecule is CS(=O)(=O)OC1CCN(S(=O)(=O)c2ccc3ccccc3c2)CC1C(=O)O. The number of benzene rings is 2. The Morgan fingerprint density at radius 3 is 2.41 bits per heavy atom. The van der Waals surface area contributed by atoms with Crippen LogP contribution in [-0.2, 0) is 29.1 Å². The zero-order chi connectivity index (χ0) is 19.8. The van der Waals surface area contributed by atoms with E-state index in [1.807, 2.05) is 12.1 Å². The van der Waals surface area contributed by atoms with Gasteiger partial charge in [0.25, 0.3) is 10.1 Å². The highest BCUT2D eigenvalue weighted by Crippen LogP contribution is 2.28. The molecule has 1 saturated heterocycles. The van der Waals surface area contributed by atoms with Crippen LogP contribution >= 0.6 is 0 Å². The zero-order valence-electron chi connectivity index (χ0n) is 14.5. The van der Waals surface area contributed by atoms with Crippen molar-refractivity contribution in [2.45, 2.75) is 17.4 Å². The lowest BCUT2D eigenvalue weighted by atomic mass is 9.96. The van der Waals surface area contributed by atoms with Crippen LogP contribution < -0.4 is 0 Å². The molecule has 0 amide bonds. The molecule has 0 spiro atoms. The Labute approximate surface area is 157 Å². The maximum Gasteiger partial charge on any atom is 0.310 e. The van der Waals surface area contributed by atoms with E-state index in [0.717, 1.165) is 21.3 Å². The van der Waals surface area contributed by atoms with Crippen LogP contribution in [0.25, 0.3) is 10.8 Å². The molecule has 1 fully saturated rings. The van der Waals surface area contributed by atoms with Gasteiger partial charge >= 0.3 is 5.97 Å². The number of rotatable bonds is 5. The number of carboxylic acid groups (broad SMARTS) is 1. The van der Waals surface area contributed by atoms with E-state index in [-0.39, 0.29) is 24.4 Å². The van der Waals surface area contributed by atoms with Crippen LogP contribution in [0.4, 0.5) is 0 Å². The second-order valence-corrected chi connectivity index (χ2v) is 9.98. The number of aliphatic carboxylic acids is 1. The summed E-state index contributed by atoms with van der Waals surface area (Å²) in [6, 6.07) is 12.0. The van der Waals surface area contributed by atoms with Gasteiger partial charge in [0, 0.05) is 13.1 Å². The van der Waals surface area contributed by atoms with E-state index in [4.69, 9.17) is 4.18 Å². The van der Waals surface area contributed by atoms with Gasteiger partial charge in [-0.3, -0.25) is 8.98 Å². The second-order valence-electron chi connectivity index (χ2n) is 6.44. The Morgan fingerprint density at radius 1 is 1.11 bits per heavy atom. The average molecular weight is 413 g/mol. The third-order valence-corrected chi connectivity index (χ3v) is 6.94. The summed E-state index contributed by atoms with van der Waals surface area (Å²) in [5.41, 5.74) is 0. The van der Waals surface area contributed by atoms with Crippen molar-refractivity contribution in [3.8, 4) is 0 Å². The van der Waals surface area contributed by atoms with E-state index in [1.54, 1.807) is 24.3 Å². The highest BCUT2D eigenvalue weighted by Gasteiger charge is 2.41. The zero-order valence-corrected chi connectivity index (χ0v) is 16.1. The fourth-order valence-corrected chi connectivity index (χ4v) is 5.37. The molecule has 1 aliphatic heterocycles. The van der Waals surface area contributed by atoms with Crippen molar-refractivity contribution in [3.05, 3.63) is 42.5 Å². The number of hydrogen-bond acceptors (Lipinski definition) is 6. The Bertz CT molecular complexity index is 1080. The number of carboxylic acids is 1. The first-order valence-electron chi connectivity index (χ1n) is 8.18. The molecular formula is C17H19NO7S2. The monoisotopic (exact) mass is 413 g/mol. The Kier molecular flexibility index (Phi) is 5.26. The number of fused-ring (bicyclic) bond motifs is 1. The lowest BCUT2D eigenvalue weighted by Crippen LogP contribution is -2.50. The fourth-order valence-electron chi connectivity index (χ4n) is 3.17. The predicted octanol–water partition coefficient (Wildman–Crippen LogP) is 1.28. The Morgan fingerprint density at radius 2 is 1.78 bits per heavy atom. The molecule has 3 rings (SSSR count). The van der Waals surface area contributed by atoms with Crippen LogP contribution in [0.1, 0.15) is 6.42 Å². The van der Waals surface area contributed by atoms with Gasteiger partial charge in [0.1, 0.15) is 0 Å². The maximum atomic E-state index is 13.0. The van der Waals surface area contributed by atoms with E-state index in [0.29, 0.717) is 0 Å². The molecule has 1 heterocycles. The molecule has 27 heavy (non-hydrogen) atoms. The standard InChI is InChI=1S/C17H19NO7S2/c1-26(21,22)25-16-8-9-18(11-15(16)17(19)20)27(23,24)14-7-6-12-4-2-3-5-13(12)10-14/h2-7,10,15-16H,8-9,11H2,1H3,(H,19,20). The summed E-state index contributed by atoms with van der Waals surface area (Å²) in [4.78, 5) is 11.6. The lowest BCUT2D eigenvalue weighted by molar-refractivity contribution is -0.146. The molecule has 146 valence electrons. The van der Waals surface area contributed by atoms with Gasteiger partial charge in [-0.2, -0.15) is 12.7 Å². The van der Waals surface area contributed by atoms with Crippen molar-refractivity contribution in [1.29, 1.82) is 0 Å². The number of piperidine rings is 1. The number of nitrogens with zero attached hydrogens (tertiary/aromatic N) is 1. The average Bonchev–Trinajstić information content (AvgIpc) is 2.60. The summed E-state index contributed by atoms with van der Waals surface area (Å²) < 4.78 is 54.5. The molecule has 2 aromatic carbocycles. The summed E-state index contributed by atoms with van der Waals surface area (Å²) in [5, 5.41) is 11.0. The first-order valence-corrected chi connectivity index (χ1v) is 11.4. The summed E-state index contributed by atoms with van der Waals surface area (Å²) >= 11 is 0. The predicted molar refractivity (Wildman–Crippen MR) is 98.2 cm³/mol. The normalized spacial score (nSPS) is 22.0. The summed E-state index contributed by atoms with van der Waals surface area (Å²) in [5.74, 6) is -2.58. The highest BCUT2D eigenvalue weighted by molar-refractivity contribution is 7.89. The smallest absolute Gasteiger partial charge is 0.310 e. The van der Waals surface area contributed by atoms with Crippen LogP contribution in [0.5, 0.6) is 0 Å². The van der Waals surface area contributed by atoms with Crippen molar-refractivity contribution in [2.75, 3.05) is 19.3 Å². The van der Waals surface area contributed by atoms with Gasteiger partial charge in [-0.25, -0.2) is 8.42 Å². The molecule has 1 aliphatic rings. The van der Waals surface area contributed by atoms with E-state index in [1.165, 1.54) is 6.07 Å². The van der Waals surface area contributed by atoms with Crippen molar-refractivity contribution < 1.29 is 30.9 Å². The molecule has 2 aromatic rings. The van der Waals surface area contributed by atoms with Crippen molar-refractivity contribution in [1.82, 2.24) is 4.31 Å². The van der Waals surface area contributed by atoms with Gasteiger partial charge in [-0.1, -0.05) is 30.3 Å². The molecule has 2 unspecified atom stereocenters. The van der Waals surface area contributed by atoms with Crippen LogP contribution in [-0.4, -0.2) is 57.7 Å². The van der Waals surface area contributed by atoms with E-state index >= 15 is 0 Å². The van der Waals surface area contributed by atoms with Crippen molar-refractivity contribution >= 4 is 36.9 Å². The fraction of sp³-hybridized carbons (Fsp3) is 0.353. The Hall–Kier alpha value is -2.01. The van der Waals surface area contributed by atoms with Gasteiger partial charge < -0.3 is 5.11 Å². The van der Waals surface area contributed by atoms with Gasteiger partial charge in [0.2, 0.25) is 10.0 Å².